The summed E-state index contributed by atoms with van der Waals surface area (Å²) in [5.41, 5.74) is 5.60. The van der Waals surface area contributed by atoms with E-state index in [2.05, 4.69) is 26.8 Å². The number of esters is 1. The van der Waals surface area contributed by atoms with E-state index in [9.17, 15) is 9.59 Å². The predicted octanol–water partition coefficient (Wildman–Crippen LogP) is 5.52. The largest absolute Gasteiger partial charge is 0.452 e. The molecule has 1 aromatic heterocycles. The Kier molecular flexibility index (Phi) is 5.88. The molecule has 1 aliphatic carbocycles. The van der Waals surface area contributed by atoms with E-state index in [4.69, 9.17) is 9.72 Å². The molecule has 0 N–H and O–H groups in total. The zero-order chi connectivity index (χ0) is 23.9. The summed E-state index contributed by atoms with van der Waals surface area (Å²) in [7, 11) is 0. The number of anilines is 1. The Morgan fingerprint density at radius 2 is 1.82 bits per heavy atom. The average Bonchev–Trinajstić information content (AvgIpc) is 2.84. The van der Waals surface area contributed by atoms with Gasteiger partial charge in [-0.1, -0.05) is 57.2 Å². The fourth-order valence-corrected chi connectivity index (χ4v) is 5.43. The molecule has 5 nitrogen and oxygen atoms in total. The van der Waals surface area contributed by atoms with Gasteiger partial charge in [-0.15, -0.1) is 0 Å². The van der Waals surface area contributed by atoms with E-state index >= 15 is 0 Å². The molecule has 1 unspecified atom stereocenters. The second kappa shape index (κ2) is 8.86. The third kappa shape index (κ3) is 4.20. The van der Waals surface area contributed by atoms with Gasteiger partial charge >= 0.3 is 5.97 Å². The monoisotopic (exact) mass is 456 g/mol. The molecular weight excluding hydrogens is 424 g/mol. The molecule has 34 heavy (non-hydrogen) atoms. The van der Waals surface area contributed by atoms with Crippen LogP contribution in [0.1, 0.15) is 60.8 Å². The minimum absolute atomic E-state index is 0.141. The molecule has 0 spiro atoms. The molecule has 2 aromatic carbocycles. The molecule has 0 bridgehead atoms. The number of fused-ring (bicyclic) bond motifs is 3. The van der Waals surface area contributed by atoms with Crippen LogP contribution in [0.4, 0.5) is 5.69 Å². The van der Waals surface area contributed by atoms with Crippen LogP contribution in [0.5, 0.6) is 0 Å². The van der Waals surface area contributed by atoms with E-state index in [1.807, 2.05) is 42.5 Å². The minimum atomic E-state index is -0.428. The van der Waals surface area contributed by atoms with E-state index in [0.29, 0.717) is 18.0 Å². The predicted molar refractivity (Wildman–Crippen MR) is 134 cm³/mol. The van der Waals surface area contributed by atoms with Gasteiger partial charge in [-0.05, 0) is 66.7 Å². The van der Waals surface area contributed by atoms with E-state index in [0.717, 1.165) is 65.5 Å². The molecule has 0 saturated carbocycles. The van der Waals surface area contributed by atoms with Crippen LogP contribution in [0.3, 0.4) is 0 Å². The first kappa shape index (κ1) is 22.6. The van der Waals surface area contributed by atoms with Crippen molar-refractivity contribution in [3.8, 4) is 0 Å². The molecule has 1 aliphatic heterocycles. The number of hydrogen-bond acceptors (Lipinski definition) is 4. The first-order chi connectivity index (χ1) is 16.3. The number of nitrogens with zero attached hydrogens (tertiary/aromatic N) is 2. The highest BCUT2D eigenvalue weighted by molar-refractivity contribution is 6.06. The van der Waals surface area contributed by atoms with Crippen LogP contribution < -0.4 is 4.90 Å². The van der Waals surface area contributed by atoms with Crippen molar-refractivity contribution in [2.75, 3.05) is 18.1 Å². The van der Waals surface area contributed by atoms with E-state index in [1.165, 1.54) is 0 Å². The number of aryl methyl sites for hydroxylation is 2. The lowest BCUT2D eigenvalue weighted by atomic mass is 9.70. The molecule has 176 valence electrons. The number of amides is 1. The van der Waals surface area contributed by atoms with Gasteiger partial charge in [0.1, 0.15) is 0 Å². The van der Waals surface area contributed by atoms with Crippen LogP contribution in [-0.2, 0) is 28.8 Å². The van der Waals surface area contributed by atoms with E-state index in [1.54, 1.807) is 4.90 Å². The third-order valence-electron chi connectivity index (χ3n) is 7.43. The molecular formula is C29H32N2O3. The Morgan fingerprint density at radius 3 is 2.65 bits per heavy atom. The molecule has 2 heterocycles. The van der Waals surface area contributed by atoms with Crippen LogP contribution in [0.15, 0.2) is 48.5 Å². The van der Waals surface area contributed by atoms with Crippen molar-refractivity contribution in [3.63, 3.8) is 0 Å². The summed E-state index contributed by atoms with van der Waals surface area (Å²) in [5, 5.41) is 0.802. The fourth-order valence-electron chi connectivity index (χ4n) is 5.43. The van der Waals surface area contributed by atoms with Gasteiger partial charge in [0.15, 0.2) is 6.61 Å². The number of carbonyl (C=O) groups excluding carboxylic acids is 2. The van der Waals surface area contributed by atoms with Crippen molar-refractivity contribution in [1.82, 2.24) is 4.98 Å². The van der Waals surface area contributed by atoms with Crippen LogP contribution in [0.2, 0.25) is 0 Å². The van der Waals surface area contributed by atoms with Crippen molar-refractivity contribution in [1.29, 1.82) is 0 Å². The number of aromatic nitrogens is 1. The smallest absolute Gasteiger partial charge is 0.339 e. The Bertz CT molecular complexity index is 1260. The Balaban J connectivity index is 1.43. The summed E-state index contributed by atoms with van der Waals surface area (Å²) in [6, 6.07) is 15.7. The first-order valence-electron chi connectivity index (χ1n) is 12.3. The second-order valence-electron chi connectivity index (χ2n) is 10.6. The Hall–Kier alpha value is -3.21. The summed E-state index contributed by atoms with van der Waals surface area (Å²) in [5.74, 6) is -0.149. The zero-order valence-electron chi connectivity index (χ0n) is 20.3. The molecule has 0 saturated heterocycles. The van der Waals surface area contributed by atoms with Gasteiger partial charge in [0.05, 0.1) is 11.1 Å². The van der Waals surface area contributed by atoms with Crippen molar-refractivity contribution in [2.45, 2.75) is 52.9 Å². The number of ether oxygens (including phenoxy) is 1. The lowest BCUT2D eigenvalue weighted by Gasteiger charge is -2.35. The fraction of sp³-hybridized carbons (Fsp3) is 0.414. The van der Waals surface area contributed by atoms with Gasteiger partial charge in [0.25, 0.3) is 5.91 Å². The summed E-state index contributed by atoms with van der Waals surface area (Å²) in [4.78, 5) is 33.2. The number of hydrogen-bond donors (Lipinski definition) is 0. The van der Waals surface area contributed by atoms with Crippen molar-refractivity contribution in [2.24, 2.45) is 11.3 Å². The van der Waals surface area contributed by atoms with Crippen molar-refractivity contribution < 1.29 is 14.3 Å². The molecule has 5 heteroatoms. The van der Waals surface area contributed by atoms with Crippen LogP contribution in [0, 0.1) is 11.3 Å². The van der Waals surface area contributed by atoms with Crippen molar-refractivity contribution >= 4 is 28.5 Å². The normalized spacial score (nSPS) is 17.7. The number of para-hydroxylation sites is 2. The number of benzene rings is 2. The summed E-state index contributed by atoms with van der Waals surface area (Å²) < 4.78 is 5.70. The highest BCUT2D eigenvalue weighted by atomic mass is 16.5. The Labute approximate surface area is 201 Å². The van der Waals surface area contributed by atoms with E-state index < -0.39 is 5.97 Å². The van der Waals surface area contributed by atoms with Gasteiger partial charge in [-0.25, -0.2) is 4.79 Å². The number of carbonyl (C=O) groups is 2. The molecule has 1 atom stereocenters. The van der Waals surface area contributed by atoms with Crippen LogP contribution >= 0.6 is 0 Å². The lowest BCUT2D eigenvalue weighted by Crippen LogP contribution is -2.38. The SMILES string of the molecule is CC(C)(C)C1CCc2nc3ccccc3c(C(=O)OCC(=O)N3CCCc4ccccc43)c2C1. The Morgan fingerprint density at radius 1 is 1.06 bits per heavy atom. The van der Waals surface area contributed by atoms with Gasteiger partial charge in [0.2, 0.25) is 0 Å². The maximum absolute atomic E-state index is 13.5. The topological polar surface area (TPSA) is 59.5 Å². The number of pyridine rings is 1. The van der Waals surface area contributed by atoms with Gasteiger partial charge in [-0.3, -0.25) is 9.78 Å². The maximum atomic E-state index is 13.5. The summed E-state index contributed by atoms with van der Waals surface area (Å²) >= 11 is 0. The summed E-state index contributed by atoms with van der Waals surface area (Å²) in [6.45, 7) is 7.15. The van der Waals surface area contributed by atoms with Gasteiger partial charge in [0, 0.05) is 23.3 Å². The van der Waals surface area contributed by atoms with Gasteiger partial charge < -0.3 is 9.64 Å². The third-order valence-corrected chi connectivity index (χ3v) is 7.43. The molecule has 1 amide bonds. The quantitative estimate of drug-likeness (QED) is 0.487. The minimum Gasteiger partial charge on any atom is -0.452 e. The van der Waals surface area contributed by atoms with Crippen molar-refractivity contribution in [3.05, 3.63) is 70.9 Å². The summed E-state index contributed by atoms with van der Waals surface area (Å²) in [6.07, 6.45) is 4.58. The van der Waals surface area contributed by atoms with Crippen LogP contribution in [0.25, 0.3) is 10.9 Å². The highest BCUT2D eigenvalue weighted by Crippen LogP contribution is 2.39. The lowest BCUT2D eigenvalue weighted by molar-refractivity contribution is -0.121. The molecule has 3 aromatic rings. The highest BCUT2D eigenvalue weighted by Gasteiger charge is 2.33. The van der Waals surface area contributed by atoms with E-state index in [-0.39, 0.29) is 17.9 Å². The molecule has 0 fully saturated rings. The number of rotatable bonds is 3. The van der Waals surface area contributed by atoms with Gasteiger partial charge in [-0.2, -0.15) is 0 Å². The maximum Gasteiger partial charge on any atom is 0.339 e. The van der Waals surface area contributed by atoms with Crippen LogP contribution in [-0.4, -0.2) is 30.0 Å². The first-order valence-corrected chi connectivity index (χ1v) is 12.3. The molecule has 0 radical (unpaired) electrons. The molecule has 5 rings (SSSR count). The average molecular weight is 457 g/mol. The second-order valence-corrected chi connectivity index (χ2v) is 10.6. The standard InChI is InChI=1S/C29H32N2O3/c1-29(2,3)20-14-15-24-22(17-20)27(21-11-5-6-12-23(21)30-24)28(33)34-18-26(32)31-16-8-10-19-9-4-7-13-25(19)31/h4-7,9,11-13,20H,8,10,14-18H2,1-3H3. The zero-order valence-corrected chi connectivity index (χ0v) is 20.3. The molecule has 2 aliphatic rings.